The summed E-state index contributed by atoms with van der Waals surface area (Å²) in [6, 6.07) is -0.320. The molecule has 1 heterocycles. The van der Waals surface area contributed by atoms with Gasteiger partial charge in [-0.05, 0) is 0 Å². The van der Waals surface area contributed by atoms with E-state index in [0.29, 0.717) is 32.0 Å². The second-order valence-electron chi connectivity index (χ2n) is 4.22. The average molecular weight is 300 g/mol. The quantitative estimate of drug-likeness (QED) is 0.669. The highest BCUT2D eigenvalue weighted by Gasteiger charge is 2.14. The lowest BCUT2D eigenvalue weighted by molar-refractivity contribution is -0.137. The molecule has 0 unspecified atom stereocenters. The topological polar surface area (TPSA) is 106 Å². The highest BCUT2D eigenvalue weighted by Crippen LogP contribution is 2.06. The lowest BCUT2D eigenvalue weighted by Gasteiger charge is -2.21. The van der Waals surface area contributed by atoms with Gasteiger partial charge in [-0.15, -0.1) is 0 Å². The molecular weight excluding hydrogens is 280 g/mol. The molecule has 9 heteroatoms. The van der Waals surface area contributed by atoms with Crippen molar-refractivity contribution >= 4 is 17.7 Å². The van der Waals surface area contributed by atoms with Crippen molar-refractivity contribution in [2.45, 2.75) is 6.54 Å². The van der Waals surface area contributed by atoms with E-state index in [-0.39, 0.29) is 12.6 Å². The first-order chi connectivity index (χ1) is 10.1. The molecule has 0 spiro atoms. The van der Waals surface area contributed by atoms with Crippen LogP contribution in [-0.4, -0.2) is 72.3 Å². The van der Waals surface area contributed by atoms with Crippen molar-refractivity contribution in [1.29, 1.82) is 0 Å². The van der Waals surface area contributed by atoms with Crippen molar-refractivity contribution in [2.75, 3.05) is 45.8 Å². The van der Waals surface area contributed by atoms with Crippen molar-refractivity contribution in [1.82, 2.24) is 14.7 Å². The summed E-state index contributed by atoms with van der Waals surface area (Å²) in [5.41, 5.74) is 0.432. The molecule has 0 aliphatic rings. The van der Waals surface area contributed by atoms with Gasteiger partial charge >= 0.3 is 12.0 Å². The molecule has 0 fully saturated rings. The smallest absolute Gasteiger partial charge is 0.325 e. The summed E-state index contributed by atoms with van der Waals surface area (Å²) in [6.45, 7) is 1.42. The van der Waals surface area contributed by atoms with Gasteiger partial charge in [-0.25, -0.2) is 4.79 Å². The number of hydrogen-bond acceptors (Lipinski definition) is 5. The number of urea groups is 1. The summed E-state index contributed by atoms with van der Waals surface area (Å²) in [5.74, 6) is -1.00. The number of amides is 2. The molecule has 1 aromatic heterocycles. The molecule has 1 aromatic rings. The Morgan fingerprint density at radius 2 is 1.95 bits per heavy atom. The lowest BCUT2D eigenvalue weighted by atomic mass is 10.5. The Morgan fingerprint density at radius 3 is 2.48 bits per heavy atom. The minimum atomic E-state index is -1.00. The van der Waals surface area contributed by atoms with Crippen LogP contribution in [0.15, 0.2) is 12.4 Å². The van der Waals surface area contributed by atoms with Gasteiger partial charge in [0.15, 0.2) is 0 Å². The zero-order valence-electron chi connectivity index (χ0n) is 12.1. The van der Waals surface area contributed by atoms with Crippen LogP contribution in [0.1, 0.15) is 0 Å². The Balaban J connectivity index is 2.58. The van der Waals surface area contributed by atoms with Crippen LogP contribution in [0.2, 0.25) is 0 Å². The third-order valence-electron chi connectivity index (χ3n) is 2.60. The van der Waals surface area contributed by atoms with Gasteiger partial charge in [0.25, 0.3) is 0 Å². The number of rotatable bonds is 9. The Kier molecular flexibility index (Phi) is 7.19. The van der Waals surface area contributed by atoms with E-state index < -0.39 is 5.97 Å². The van der Waals surface area contributed by atoms with Crippen molar-refractivity contribution in [2.24, 2.45) is 0 Å². The predicted molar refractivity (Wildman–Crippen MR) is 74.2 cm³/mol. The summed E-state index contributed by atoms with van der Waals surface area (Å²) in [4.78, 5) is 24.2. The van der Waals surface area contributed by atoms with Gasteiger partial charge in [-0.3, -0.25) is 9.48 Å². The van der Waals surface area contributed by atoms with E-state index >= 15 is 0 Å². The number of anilines is 1. The van der Waals surface area contributed by atoms with E-state index in [9.17, 15) is 9.59 Å². The van der Waals surface area contributed by atoms with Crippen LogP contribution in [0.25, 0.3) is 0 Å². The van der Waals surface area contributed by atoms with Crippen molar-refractivity contribution < 1.29 is 24.2 Å². The molecule has 0 atom stereocenters. The van der Waals surface area contributed by atoms with Crippen molar-refractivity contribution in [3.63, 3.8) is 0 Å². The van der Waals surface area contributed by atoms with Crippen molar-refractivity contribution in [3.05, 3.63) is 12.4 Å². The first kappa shape index (κ1) is 16.9. The Hall–Kier alpha value is -2.13. The zero-order chi connectivity index (χ0) is 15.7. The molecule has 2 amide bonds. The van der Waals surface area contributed by atoms with E-state index in [0.717, 1.165) is 0 Å². The molecule has 0 aromatic carbocycles. The third-order valence-corrected chi connectivity index (χ3v) is 2.60. The Morgan fingerprint density at radius 1 is 1.33 bits per heavy atom. The first-order valence-corrected chi connectivity index (χ1v) is 6.35. The van der Waals surface area contributed by atoms with Crippen LogP contribution >= 0.6 is 0 Å². The fraction of sp³-hybridized carbons (Fsp3) is 0.583. The summed E-state index contributed by atoms with van der Waals surface area (Å²) < 4.78 is 11.1. The number of carboxylic acid groups (broad SMARTS) is 1. The Bertz CT molecular complexity index is 454. The standard InChI is InChI=1S/C12H20N4O5/c1-20-5-3-15(4-6-21-2)12(19)14-10-7-13-16(8-10)9-11(17)18/h7-8H,3-6,9H2,1-2H3,(H,14,19)(H,17,18). The number of carbonyl (C=O) groups excluding carboxylic acids is 1. The second-order valence-corrected chi connectivity index (χ2v) is 4.22. The number of carboxylic acids is 1. The van der Waals surface area contributed by atoms with Crippen LogP contribution in [-0.2, 0) is 20.8 Å². The van der Waals surface area contributed by atoms with Gasteiger partial charge in [0, 0.05) is 33.5 Å². The summed E-state index contributed by atoms with van der Waals surface area (Å²) in [6.07, 6.45) is 2.85. The monoisotopic (exact) mass is 300 g/mol. The summed E-state index contributed by atoms with van der Waals surface area (Å²) in [5, 5.41) is 15.2. The first-order valence-electron chi connectivity index (χ1n) is 6.35. The lowest BCUT2D eigenvalue weighted by Crippen LogP contribution is -2.39. The maximum atomic E-state index is 12.1. The van der Waals surface area contributed by atoms with Gasteiger partial charge in [-0.1, -0.05) is 0 Å². The fourth-order valence-electron chi connectivity index (χ4n) is 1.57. The van der Waals surface area contributed by atoms with Crippen molar-refractivity contribution in [3.8, 4) is 0 Å². The van der Waals surface area contributed by atoms with E-state index in [2.05, 4.69) is 10.4 Å². The van der Waals surface area contributed by atoms with Crippen LogP contribution in [0.5, 0.6) is 0 Å². The number of nitrogens with one attached hydrogen (secondary N) is 1. The number of carbonyl (C=O) groups is 2. The fourth-order valence-corrected chi connectivity index (χ4v) is 1.57. The molecule has 0 aliphatic carbocycles. The van der Waals surface area contributed by atoms with E-state index in [1.54, 1.807) is 19.1 Å². The maximum Gasteiger partial charge on any atom is 0.325 e. The molecule has 21 heavy (non-hydrogen) atoms. The number of ether oxygens (including phenoxy) is 2. The van der Waals surface area contributed by atoms with E-state index in [1.807, 2.05) is 0 Å². The summed E-state index contributed by atoms with van der Waals surface area (Å²) in [7, 11) is 3.12. The number of hydrogen-bond donors (Lipinski definition) is 2. The van der Waals surface area contributed by atoms with Crippen LogP contribution in [0.4, 0.5) is 10.5 Å². The molecular formula is C12H20N4O5. The molecule has 9 nitrogen and oxygen atoms in total. The summed E-state index contributed by atoms with van der Waals surface area (Å²) >= 11 is 0. The van der Waals surface area contributed by atoms with E-state index in [1.165, 1.54) is 17.1 Å². The number of aliphatic carboxylic acids is 1. The molecule has 0 saturated carbocycles. The van der Waals surface area contributed by atoms with Crippen LogP contribution in [0.3, 0.4) is 0 Å². The van der Waals surface area contributed by atoms with Gasteiger partial charge < -0.3 is 24.8 Å². The zero-order valence-corrected chi connectivity index (χ0v) is 12.1. The minimum absolute atomic E-state index is 0.257. The van der Waals surface area contributed by atoms with Gasteiger partial charge in [0.1, 0.15) is 6.54 Å². The highest BCUT2D eigenvalue weighted by atomic mass is 16.5. The van der Waals surface area contributed by atoms with Gasteiger partial charge in [-0.2, -0.15) is 5.10 Å². The second kappa shape index (κ2) is 8.93. The van der Waals surface area contributed by atoms with Crippen LogP contribution in [0, 0.1) is 0 Å². The van der Waals surface area contributed by atoms with Gasteiger partial charge in [0.05, 0.1) is 25.1 Å². The average Bonchev–Trinajstić information content (AvgIpc) is 2.85. The SMILES string of the molecule is COCCN(CCOC)C(=O)Nc1cnn(CC(=O)O)c1. The number of aromatic nitrogens is 2. The molecule has 1 rings (SSSR count). The van der Waals surface area contributed by atoms with Gasteiger partial charge in [0.2, 0.25) is 0 Å². The largest absolute Gasteiger partial charge is 0.480 e. The molecule has 0 saturated heterocycles. The molecule has 0 radical (unpaired) electrons. The molecule has 0 aliphatic heterocycles. The number of methoxy groups -OCH3 is 2. The minimum Gasteiger partial charge on any atom is -0.480 e. The Labute approximate surface area is 122 Å². The highest BCUT2D eigenvalue weighted by molar-refractivity contribution is 5.89. The third kappa shape index (κ3) is 6.23. The normalized spacial score (nSPS) is 10.4. The number of nitrogens with zero attached hydrogens (tertiary/aromatic N) is 3. The molecule has 0 bridgehead atoms. The molecule has 2 N–H and O–H groups in total. The predicted octanol–water partition coefficient (Wildman–Crippen LogP) is 0.0944. The van der Waals surface area contributed by atoms with E-state index in [4.69, 9.17) is 14.6 Å². The molecule has 118 valence electrons. The maximum absolute atomic E-state index is 12.1. The van der Waals surface area contributed by atoms with Crippen LogP contribution < -0.4 is 5.32 Å².